The lowest BCUT2D eigenvalue weighted by Crippen LogP contribution is -2.68. The van der Waals surface area contributed by atoms with Gasteiger partial charge >= 0.3 is 72.1 Å². The van der Waals surface area contributed by atoms with E-state index in [-0.39, 0.29) is 95.2 Å². The molecule has 0 bridgehead atoms. The second kappa shape index (κ2) is 21.9. The third kappa shape index (κ3) is 11.1. The highest BCUT2D eigenvalue weighted by atomic mass is 19.4. The summed E-state index contributed by atoms with van der Waals surface area (Å²) in [5.74, 6) is -75.3. The van der Waals surface area contributed by atoms with Crippen molar-refractivity contribution in [2.75, 3.05) is 114 Å². The Kier molecular flexibility index (Phi) is 17.0. The van der Waals surface area contributed by atoms with E-state index in [0.29, 0.717) is 37.9 Å². The summed E-state index contributed by atoms with van der Waals surface area (Å²) in [6, 6.07) is 0.789. The Balaban J connectivity index is 1.21. The molecule has 0 N–H and O–H groups in total. The fraction of sp³-hybridized carbons (Fsp3) is 0.628. The lowest BCUT2D eigenvalue weighted by molar-refractivity contribution is -0.415. The smallest absolute Gasteiger partial charge is 0.339 e. The molecule has 0 amide bonds. The highest BCUT2D eigenvalue weighted by Crippen LogP contribution is 2.62. The lowest BCUT2D eigenvalue weighted by Gasteiger charge is -2.39. The maximum absolute atomic E-state index is 15.1. The highest BCUT2D eigenvalue weighted by Gasteiger charge is 2.89. The van der Waals surface area contributed by atoms with Crippen LogP contribution in [0.3, 0.4) is 0 Å². The minimum atomic E-state index is -7.83. The van der Waals surface area contributed by atoms with Gasteiger partial charge in [-0.15, -0.1) is 0 Å². The Bertz CT molecular complexity index is 2710. The molecular formula is C43H42F24N16. The van der Waals surface area contributed by atoms with Crippen molar-refractivity contribution in [2.45, 2.75) is 78.5 Å². The fourth-order valence-electron chi connectivity index (χ4n) is 8.59. The third-order valence-corrected chi connectivity index (χ3v) is 12.9. The van der Waals surface area contributed by atoms with Crippen LogP contribution in [0.25, 0.3) is 22.8 Å². The SMILES string of the molecule is CN1CN(C)CN(c2nc(-c3ccc(C(F)(F)C(F)(F)C(F)(F)C(F)(F)C(F)(F)C(F)F)nc3)nc(N3CCCN(c4nc(-c5ccc(C(F)(F)C(F)(F)C(F)(F)C(F)(F)C(F)(F)C(F)F)nc5)nc(N5CN(C)CN(C)C5)n4)CC3)n2)C1. The van der Waals surface area contributed by atoms with Crippen LogP contribution in [-0.2, 0) is 11.8 Å². The van der Waals surface area contributed by atoms with Crippen molar-refractivity contribution in [3.05, 3.63) is 48.0 Å². The van der Waals surface area contributed by atoms with Crippen molar-refractivity contribution < 1.29 is 105 Å². The van der Waals surface area contributed by atoms with Crippen LogP contribution < -0.4 is 19.6 Å². The topological polar surface area (TPSA) is 129 Å². The molecule has 7 rings (SSSR count). The number of alkyl halides is 24. The number of nitrogens with zero attached hydrogens (tertiary/aromatic N) is 16. The molecule has 3 saturated heterocycles. The number of halogens is 24. The van der Waals surface area contributed by atoms with E-state index < -0.39 is 106 Å². The number of pyridine rings is 2. The van der Waals surface area contributed by atoms with Crippen molar-refractivity contribution in [1.29, 1.82) is 0 Å². The minimum Gasteiger partial charge on any atom is -0.339 e. The molecule has 16 nitrogen and oxygen atoms in total. The van der Waals surface area contributed by atoms with Crippen LogP contribution in [0.2, 0.25) is 0 Å². The Labute approximate surface area is 451 Å². The van der Waals surface area contributed by atoms with E-state index in [9.17, 15) is 87.8 Å². The van der Waals surface area contributed by atoms with Gasteiger partial charge in [0, 0.05) is 49.7 Å². The van der Waals surface area contributed by atoms with Crippen LogP contribution in [0.5, 0.6) is 0 Å². The molecule has 0 aromatic carbocycles. The number of aromatic nitrogens is 8. The van der Waals surface area contributed by atoms with Gasteiger partial charge in [-0.2, -0.15) is 118 Å². The van der Waals surface area contributed by atoms with Crippen LogP contribution in [-0.4, -0.2) is 214 Å². The third-order valence-electron chi connectivity index (χ3n) is 12.9. The van der Waals surface area contributed by atoms with Crippen molar-refractivity contribution in [1.82, 2.24) is 59.5 Å². The minimum absolute atomic E-state index is 0.0304. The molecule has 0 saturated carbocycles. The summed E-state index contributed by atoms with van der Waals surface area (Å²) in [5.41, 5.74) is -5.74. The number of anilines is 4. The standard InChI is InChI=1S/C43H42F24N16/c1-76-16-77(2)19-82(18-76)32-72-26(22-6-8-24(68-14-22)34(48,49)38(56,57)42(64,65)40(60,61)36(52,53)28(44)45)70-30(74-32)80-10-5-11-81(13-12-80)31-71-27(73-33(75-31)83-20-78(3)17-79(4)21-83)23-7-9-25(69-15-23)35(50,51)39(58,59)43(66,67)41(62,63)37(54,55)29(46)47/h6-9,14-15,28-29H,5,10-13,16-21H2,1-4H3. The van der Waals surface area contributed by atoms with Gasteiger partial charge in [-0.25, -0.2) is 17.6 Å². The van der Waals surface area contributed by atoms with E-state index >= 15 is 17.6 Å². The summed E-state index contributed by atoms with van der Waals surface area (Å²) >= 11 is 0. The highest BCUT2D eigenvalue weighted by molar-refractivity contribution is 5.60. The first-order valence-corrected chi connectivity index (χ1v) is 23.5. The summed E-state index contributed by atoms with van der Waals surface area (Å²) in [6.07, 6.45) is -10.7. The predicted octanol–water partition coefficient (Wildman–Crippen LogP) is 8.81. The predicted molar refractivity (Wildman–Crippen MR) is 240 cm³/mol. The quantitative estimate of drug-likeness (QED) is 0.0880. The van der Waals surface area contributed by atoms with Crippen molar-refractivity contribution in [2.24, 2.45) is 0 Å². The summed E-state index contributed by atoms with van der Waals surface area (Å²) in [6.45, 7) is 1.11. The maximum atomic E-state index is 15.1. The first kappa shape index (κ1) is 64.2. The van der Waals surface area contributed by atoms with E-state index in [0.717, 1.165) is 0 Å². The monoisotopic (exact) mass is 1240 g/mol. The molecular weight excluding hydrogens is 1200 g/mol. The molecule has 3 aliphatic rings. The molecule has 40 heteroatoms. The second-order valence-electron chi connectivity index (χ2n) is 19.5. The van der Waals surface area contributed by atoms with E-state index in [4.69, 9.17) is 0 Å². The first-order chi connectivity index (χ1) is 38.0. The normalized spacial score (nSPS) is 18.5. The van der Waals surface area contributed by atoms with Gasteiger partial charge in [-0.1, -0.05) is 0 Å². The van der Waals surface area contributed by atoms with Gasteiger partial charge in [0.25, 0.3) is 0 Å². The van der Waals surface area contributed by atoms with Crippen LogP contribution in [0.1, 0.15) is 17.8 Å². The van der Waals surface area contributed by atoms with Crippen molar-refractivity contribution in [3.63, 3.8) is 0 Å². The summed E-state index contributed by atoms with van der Waals surface area (Å²) < 4.78 is 338. The van der Waals surface area contributed by atoms with E-state index in [1.807, 2.05) is 0 Å². The summed E-state index contributed by atoms with van der Waals surface area (Å²) in [4.78, 5) is 45.7. The van der Waals surface area contributed by atoms with Gasteiger partial charge < -0.3 is 19.6 Å². The molecule has 462 valence electrons. The van der Waals surface area contributed by atoms with Crippen LogP contribution in [0.4, 0.5) is 129 Å². The molecule has 3 fully saturated rings. The average Bonchev–Trinajstić information content (AvgIpc) is 2.03. The van der Waals surface area contributed by atoms with Gasteiger partial charge in [0.1, 0.15) is 11.4 Å². The molecule has 7 heterocycles. The fourth-order valence-corrected chi connectivity index (χ4v) is 8.59. The van der Waals surface area contributed by atoms with E-state index in [1.54, 1.807) is 57.6 Å². The molecule has 4 aromatic rings. The Morgan fingerprint density at radius 2 is 0.639 bits per heavy atom. The largest absolute Gasteiger partial charge is 0.385 e. The number of rotatable bonds is 18. The number of hydrogen-bond donors (Lipinski definition) is 0. The van der Waals surface area contributed by atoms with Crippen molar-refractivity contribution >= 4 is 23.8 Å². The molecule has 0 atom stereocenters. The molecule has 0 unspecified atom stereocenters. The molecule has 4 aromatic heterocycles. The first-order valence-electron chi connectivity index (χ1n) is 23.5. The van der Waals surface area contributed by atoms with Crippen LogP contribution >= 0.6 is 0 Å². The lowest BCUT2D eigenvalue weighted by atomic mass is 9.92. The summed E-state index contributed by atoms with van der Waals surface area (Å²) in [5, 5.41) is 0. The second-order valence-corrected chi connectivity index (χ2v) is 19.5. The zero-order valence-corrected chi connectivity index (χ0v) is 42.6. The van der Waals surface area contributed by atoms with Crippen LogP contribution in [0.15, 0.2) is 36.7 Å². The van der Waals surface area contributed by atoms with Gasteiger partial charge in [0.05, 0.1) is 40.0 Å². The molecule has 0 radical (unpaired) electrons. The molecule has 0 spiro atoms. The van der Waals surface area contributed by atoms with Crippen LogP contribution in [0, 0.1) is 0 Å². The zero-order valence-electron chi connectivity index (χ0n) is 42.6. The summed E-state index contributed by atoms with van der Waals surface area (Å²) in [7, 11) is 6.73. The van der Waals surface area contributed by atoms with Crippen molar-refractivity contribution in [3.8, 4) is 22.8 Å². The molecule has 83 heavy (non-hydrogen) atoms. The maximum Gasteiger partial charge on any atom is 0.385 e. The van der Waals surface area contributed by atoms with Gasteiger partial charge in [-0.3, -0.25) is 29.6 Å². The van der Waals surface area contributed by atoms with Gasteiger partial charge in [0.15, 0.2) is 11.6 Å². The zero-order chi connectivity index (χ0) is 62.2. The molecule has 3 aliphatic heterocycles. The van der Waals surface area contributed by atoms with Gasteiger partial charge in [0.2, 0.25) is 23.8 Å². The Morgan fingerprint density at radius 1 is 0.349 bits per heavy atom. The molecule has 0 aliphatic carbocycles. The van der Waals surface area contributed by atoms with E-state index in [2.05, 4.69) is 39.9 Å². The average molecular weight is 1240 g/mol. The Morgan fingerprint density at radius 3 is 0.904 bits per heavy atom. The van der Waals surface area contributed by atoms with E-state index in [1.165, 1.54) is 9.80 Å². The number of hydrogen-bond acceptors (Lipinski definition) is 16. The Hall–Kier alpha value is -6.32. The van der Waals surface area contributed by atoms with Gasteiger partial charge in [-0.05, 0) is 58.9 Å².